The summed E-state index contributed by atoms with van der Waals surface area (Å²) in [7, 11) is 0. The van der Waals surface area contributed by atoms with Gasteiger partial charge in [0.15, 0.2) is 0 Å². The van der Waals surface area contributed by atoms with Crippen LogP contribution in [0.2, 0.25) is 0 Å². The van der Waals surface area contributed by atoms with Crippen LogP contribution in [-0.2, 0) is 23.0 Å². The molecule has 0 aliphatic carbocycles. The van der Waals surface area contributed by atoms with Crippen LogP contribution in [0.1, 0.15) is 13.3 Å². The topological polar surface area (TPSA) is 44.8 Å². The van der Waals surface area contributed by atoms with E-state index in [1.54, 1.807) is 6.20 Å². The second kappa shape index (κ2) is 10.4. The summed E-state index contributed by atoms with van der Waals surface area (Å²) in [6.07, 6.45) is 2.85. The summed E-state index contributed by atoms with van der Waals surface area (Å²) < 4.78 is 2.36. The maximum Gasteiger partial charge on any atom is 2.00 e. The summed E-state index contributed by atoms with van der Waals surface area (Å²) in [5.74, 6) is 0. The smallest absolute Gasteiger partial charge is 0.657 e. The van der Waals surface area contributed by atoms with E-state index in [2.05, 4.69) is 58.9 Å². The predicted molar refractivity (Wildman–Crippen MR) is 144 cm³/mol. The fourth-order valence-corrected chi connectivity index (χ4v) is 4.62. The molecule has 0 aliphatic rings. The minimum atomic E-state index is 0. The molecule has 0 saturated heterocycles. The molecule has 6 aromatic rings. The molecule has 6 rings (SSSR count). The van der Waals surface area contributed by atoms with Crippen LogP contribution < -0.4 is 0 Å². The number of benzene rings is 3. The molecule has 0 bridgehead atoms. The minimum Gasteiger partial charge on any atom is -0.657 e. The second-order valence-corrected chi connectivity index (χ2v) is 8.53. The van der Waals surface area contributed by atoms with E-state index in [4.69, 9.17) is 10.3 Å². The number of fused-ring (bicyclic) bond motifs is 3. The summed E-state index contributed by atoms with van der Waals surface area (Å²) in [6.45, 7) is 3.13. The molecule has 0 N–H and O–H groups in total. The number of pyridine rings is 2. The zero-order valence-corrected chi connectivity index (χ0v) is 20.8. The van der Waals surface area contributed by atoms with Crippen molar-refractivity contribution in [1.29, 1.82) is 0 Å². The van der Waals surface area contributed by atoms with Crippen molar-refractivity contribution in [2.24, 2.45) is 0 Å². The third kappa shape index (κ3) is 4.39. The molecule has 0 atom stereocenters. The molecule has 0 radical (unpaired) electrons. The summed E-state index contributed by atoms with van der Waals surface area (Å²) in [5, 5.41) is 6.07. The Morgan fingerprint density at radius 1 is 0.750 bits per heavy atom. The molecule has 0 saturated carbocycles. The van der Waals surface area contributed by atoms with E-state index in [9.17, 15) is 0 Å². The fraction of sp³-hybridized carbons (Fsp3) is 0.0968. The van der Waals surface area contributed by atoms with Gasteiger partial charge in [0, 0.05) is 35.0 Å². The molecule has 3 aromatic heterocycles. The average molecular weight is 511 g/mol. The van der Waals surface area contributed by atoms with Gasteiger partial charge in [0.05, 0.1) is 11.0 Å². The van der Waals surface area contributed by atoms with Crippen LogP contribution in [0.4, 0.5) is 11.4 Å². The third-order valence-electron chi connectivity index (χ3n) is 6.18. The maximum atomic E-state index is 5.18. The standard InChI is InChI=1S/C31H24N4.Ni/c1-2-20-35-28-16-9-15-27(33-24-12-4-3-5-13-24)30(28)31-29(35)18-17-26(34-31)23-11-8-10-22(21-23)25-14-6-7-19-32-25;/h3-19H,2,20H2,1H3;/q-2;+2. The van der Waals surface area contributed by atoms with Crippen molar-refractivity contribution in [3.05, 3.63) is 115 Å². The van der Waals surface area contributed by atoms with Gasteiger partial charge in [-0.05, 0) is 24.6 Å². The molecule has 36 heavy (non-hydrogen) atoms. The molecule has 0 amide bonds. The van der Waals surface area contributed by atoms with Crippen molar-refractivity contribution < 1.29 is 16.5 Å². The van der Waals surface area contributed by atoms with E-state index in [-0.39, 0.29) is 16.5 Å². The Kier molecular flexibility index (Phi) is 6.84. The Hall–Kier alpha value is -3.95. The molecule has 5 heteroatoms. The largest absolute Gasteiger partial charge is 2.00 e. The molecule has 4 nitrogen and oxygen atoms in total. The SMILES string of the molecule is CCCn1c2ccc(-c3[c-]c(-c4ccccn4)ccc3)nc2c2c([N-]c3ccccc3)cccc21.[Ni+2]. The van der Waals surface area contributed by atoms with Crippen molar-refractivity contribution in [2.75, 3.05) is 0 Å². The molecule has 0 fully saturated rings. The van der Waals surface area contributed by atoms with E-state index in [0.29, 0.717) is 0 Å². The van der Waals surface area contributed by atoms with Crippen LogP contribution in [-0.4, -0.2) is 14.5 Å². The number of rotatable bonds is 6. The predicted octanol–water partition coefficient (Wildman–Crippen LogP) is 8.46. The van der Waals surface area contributed by atoms with Crippen LogP contribution >= 0.6 is 0 Å². The summed E-state index contributed by atoms with van der Waals surface area (Å²) in [4.78, 5) is 9.66. The van der Waals surface area contributed by atoms with E-state index < -0.39 is 0 Å². The molecule has 3 heterocycles. The van der Waals surface area contributed by atoms with Gasteiger partial charge in [-0.2, -0.15) is 0 Å². The van der Waals surface area contributed by atoms with Crippen molar-refractivity contribution >= 4 is 33.3 Å². The molecule has 0 spiro atoms. The monoisotopic (exact) mass is 510 g/mol. The first-order chi connectivity index (χ1) is 17.3. The van der Waals surface area contributed by atoms with Crippen LogP contribution in [0, 0.1) is 6.07 Å². The molecule has 0 aliphatic heterocycles. The van der Waals surface area contributed by atoms with Gasteiger partial charge in [0.1, 0.15) is 0 Å². The Bertz CT molecular complexity index is 1630. The molecule has 3 aromatic carbocycles. The molecule has 178 valence electrons. The zero-order valence-electron chi connectivity index (χ0n) is 19.8. The first-order valence-electron chi connectivity index (χ1n) is 11.9. The first kappa shape index (κ1) is 23.8. The maximum absolute atomic E-state index is 5.18. The van der Waals surface area contributed by atoms with E-state index in [0.717, 1.165) is 68.8 Å². The molecule has 0 unspecified atom stereocenters. The quantitative estimate of drug-likeness (QED) is 0.166. The number of hydrogen-bond acceptors (Lipinski definition) is 2. The molecular formula is C31H24N4Ni. The van der Waals surface area contributed by atoms with Crippen molar-refractivity contribution in [3.8, 4) is 22.5 Å². The first-order valence-corrected chi connectivity index (χ1v) is 11.9. The number of hydrogen-bond donors (Lipinski definition) is 0. The zero-order chi connectivity index (χ0) is 23.6. The Labute approximate surface area is 221 Å². The van der Waals surface area contributed by atoms with Crippen molar-refractivity contribution in [2.45, 2.75) is 19.9 Å². The Balaban J connectivity index is 0.00000267. The van der Waals surface area contributed by atoms with E-state index in [1.165, 1.54) is 0 Å². The van der Waals surface area contributed by atoms with Crippen molar-refractivity contribution in [3.63, 3.8) is 0 Å². The minimum absolute atomic E-state index is 0. The second-order valence-electron chi connectivity index (χ2n) is 8.53. The summed E-state index contributed by atoms with van der Waals surface area (Å²) in [6, 6.07) is 36.3. The Morgan fingerprint density at radius 2 is 1.53 bits per heavy atom. The van der Waals surface area contributed by atoms with E-state index >= 15 is 0 Å². The van der Waals surface area contributed by atoms with E-state index in [1.807, 2.05) is 60.7 Å². The van der Waals surface area contributed by atoms with Gasteiger partial charge in [0.2, 0.25) is 0 Å². The normalized spacial score (nSPS) is 10.9. The number of para-hydroxylation sites is 1. The summed E-state index contributed by atoms with van der Waals surface area (Å²) in [5.41, 5.74) is 8.82. The van der Waals surface area contributed by atoms with Gasteiger partial charge in [0.25, 0.3) is 0 Å². The fourth-order valence-electron chi connectivity index (χ4n) is 4.62. The van der Waals surface area contributed by atoms with Gasteiger partial charge in [-0.25, -0.2) is 0 Å². The van der Waals surface area contributed by atoms with Gasteiger partial charge >= 0.3 is 16.5 Å². The average Bonchev–Trinajstić information content (AvgIpc) is 3.24. The van der Waals surface area contributed by atoms with Gasteiger partial charge < -0.3 is 9.88 Å². The third-order valence-corrected chi connectivity index (χ3v) is 6.18. The van der Waals surface area contributed by atoms with Gasteiger partial charge in [-0.3, -0.25) is 9.97 Å². The Morgan fingerprint density at radius 3 is 2.31 bits per heavy atom. The van der Waals surface area contributed by atoms with Crippen LogP contribution in [0.5, 0.6) is 0 Å². The van der Waals surface area contributed by atoms with Gasteiger partial charge in [-0.1, -0.05) is 78.7 Å². The van der Waals surface area contributed by atoms with Crippen molar-refractivity contribution in [1.82, 2.24) is 14.5 Å². The van der Waals surface area contributed by atoms with Crippen LogP contribution in [0.3, 0.4) is 0 Å². The number of nitrogens with zero attached hydrogens (tertiary/aromatic N) is 4. The van der Waals surface area contributed by atoms with Crippen LogP contribution in [0.15, 0.2) is 103 Å². The summed E-state index contributed by atoms with van der Waals surface area (Å²) >= 11 is 0. The van der Waals surface area contributed by atoms with Gasteiger partial charge in [-0.15, -0.1) is 35.6 Å². The number of aryl methyl sites for hydroxylation is 1. The van der Waals surface area contributed by atoms with Crippen LogP contribution in [0.25, 0.3) is 49.8 Å². The molecular weight excluding hydrogens is 487 g/mol. The number of aromatic nitrogens is 3.